The molecule has 0 radical (unpaired) electrons. The maximum absolute atomic E-state index is 4.33. The Labute approximate surface area is 111 Å². The first kappa shape index (κ1) is 11.6. The molecule has 1 aliphatic heterocycles. The van der Waals surface area contributed by atoms with Gasteiger partial charge in [-0.25, -0.2) is 0 Å². The number of rotatable bonds is 3. The Bertz CT molecular complexity index is 488. The highest BCUT2D eigenvalue weighted by atomic mass is 32.1. The molecule has 1 saturated heterocycles. The normalized spacial score (nSPS) is 19.1. The molecule has 2 aromatic heterocycles. The van der Waals surface area contributed by atoms with E-state index in [4.69, 9.17) is 0 Å². The molecule has 0 amide bonds. The quantitative estimate of drug-likeness (QED) is 0.916. The zero-order valence-electron chi connectivity index (χ0n) is 10.3. The van der Waals surface area contributed by atoms with Crippen molar-refractivity contribution in [3.8, 4) is 10.6 Å². The van der Waals surface area contributed by atoms with Crippen LogP contribution in [0.5, 0.6) is 0 Å². The third kappa shape index (κ3) is 2.23. The second-order valence-electron chi connectivity index (χ2n) is 4.51. The summed E-state index contributed by atoms with van der Waals surface area (Å²) in [5.41, 5.74) is 0.951. The van der Waals surface area contributed by atoms with Crippen LogP contribution < -0.4 is 10.2 Å². The fraction of sp³-hybridized carbons (Fsp3) is 0.385. The van der Waals surface area contributed by atoms with Crippen molar-refractivity contribution < 1.29 is 0 Å². The summed E-state index contributed by atoms with van der Waals surface area (Å²) < 4.78 is 0. The molecule has 3 heterocycles. The van der Waals surface area contributed by atoms with Gasteiger partial charge in [-0.2, -0.15) is 0 Å². The Morgan fingerprint density at radius 1 is 1.33 bits per heavy atom. The van der Waals surface area contributed by atoms with Gasteiger partial charge in [-0.05, 0) is 36.5 Å². The van der Waals surface area contributed by atoms with Gasteiger partial charge in [0.1, 0.15) is 5.69 Å². The molecule has 1 fully saturated rings. The van der Waals surface area contributed by atoms with Crippen LogP contribution in [0.15, 0.2) is 29.6 Å². The Morgan fingerprint density at radius 3 is 2.89 bits per heavy atom. The Balaban J connectivity index is 1.78. The van der Waals surface area contributed by atoms with Crippen LogP contribution in [0.1, 0.15) is 6.42 Å². The topological polar surface area (TPSA) is 41.1 Å². The second-order valence-corrected chi connectivity index (χ2v) is 5.46. The fourth-order valence-electron chi connectivity index (χ4n) is 2.23. The van der Waals surface area contributed by atoms with Crippen LogP contribution in [0.2, 0.25) is 0 Å². The first-order chi connectivity index (χ1) is 8.84. The van der Waals surface area contributed by atoms with E-state index in [1.807, 2.05) is 12.1 Å². The molecule has 0 aliphatic carbocycles. The summed E-state index contributed by atoms with van der Waals surface area (Å²) in [6.45, 7) is 2.13. The molecule has 0 saturated carbocycles. The molecule has 5 heteroatoms. The predicted molar refractivity (Wildman–Crippen MR) is 75.0 cm³/mol. The van der Waals surface area contributed by atoms with Gasteiger partial charge in [-0.15, -0.1) is 21.5 Å². The van der Waals surface area contributed by atoms with Crippen molar-refractivity contribution in [1.82, 2.24) is 15.5 Å². The van der Waals surface area contributed by atoms with Gasteiger partial charge in [0.25, 0.3) is 0 Å². The first-order valence-corrected chi connectivity index (χ1v) is 7.04. The third-order valence-electron chi connectivity index (χ3n) is 3.37. The van der Waals surface area contributed by atoms with Crippen LogP contribution in [-0.2, 0) is 0 Å². The first-order valence-electron chi connectivity index (χ1n) is 6.16. The number of nitrogens with one attached hydrogen (secondary N) is 1. The van der Waals surface area contributed by atoms with E-state index in [2.05, 4.69) is 45.0 Å². The van der Waals surface area contributed by atoms with Gasteiger partial charge in [0.15, 0.2) is 5.82 Å². The van der Waals surface area contributed by atoms with Gasteiger partial charge in [-0.1, -0.05) is 6.07 Å². The smallest absolute Gasteiger partial charge is 0.151 e. The van der Waals surface area contributed by atoms with Gasteiger partial charge >= 0.3 is 0 Å². The highest BCUT2D eigenvalue weighted by Crippen LogP contribution is 2.23. The van der Waals surface area contributed by atoms with E-state index in [-0.39, 0.29) is 0 Å². The molecule has 18 heavy (non-hydrogen) atoms. The van der Waals surface area contributed by atoms with Crippen molar-refractivity contribution in [1.29, 1.82) is 0 Å². The number of likely N-dealkylation sites (N-methyl/N-ethyl adjacent to an activating group) is 1. The Hall–Kier alpha value is -1.46. The van der Waals surface area contributed by atoms with Crippen LogP contribution >= 0.6 is 11.3 Å². The van der Waals surface area contributed by atoms with E-state index in [0.717, 1.165) is 24.6 Å². The average molecular weight is 260 g/mol. The van der Waals surface area contributed by atoms with Gasteiger partial charge in [0.05, 0.1) is 4.88 Å². The van der Waals surface area contributed by atoms with Crippen molar-refractivity contribution in [2.75, 3.05) is 25.0 Å². The van der Waals surface area contributed by atoms with Crippen molar-refractivity contribution in [3.05, 3.63) is 29.6 Å². The number of aromatic nitrogens is 2. The molecule has 4 nitrogen and oxygen atoms in total. The van der Waals surface area contributed by atoms with Crippen molar-refractivity contribution in [2.45, 2.75) is 12.5 Å². The monoisotopic (exact) mass is 260 g/mol. The second kappa shape index (κ2) is 5.04. The van der Waals surface area contributed by atoms with E-state index in [0.29, 0.717) is 6.04 Å². The lowest BCUT2D eigenvalue weighted by molar-refractivity contribution is 0.673. The largest absolute Gasteiger partial charge is 0.354 e. The molecule has 0 spiro atoms. The van der Waals surface area contributed by atoms with Crippen LogP contribution in [0.4, 0.5) is 5.82 Å². The van der Waals surface area contributed by atoms with Crippen molar-refractivity contribution in [2.24, 2.45) is 0 Å². The summed E-state index contributed by atoms with van der Waals surface area (Å²) in [6, 6.07) is 8.74. The fourth-order valence-corrected chi connectivity index (χ4v) is 2.92. The molecular weight excluding hydrogens is 244 g/mol. The summed E-state index contributed by atoms with van der Waals surface area (Å²) in [4.78, 5) is 3.38. The summed E-state index contributed by atoms with van der Waals surface area (Å²) in [5.74, 6) is 0.948. The summed E-state index contributed by atoms with van der Waals surface area (Å²) in [6.07, 6.45) is 1.17. The molecule has 1 unspecified atom stereocenters. The molecule has 94 valence electrons. The number of anilines is 1. The van der Waals surface area contributed by atoms with Gasteiger partial charge in [0, 0.05) is 19.6 Å². The minimum atomic E-state index is 0.534. The molecule has 1 atom stereocenters. The van der Waals surface area contributed by atoms with E-state index in [1.165, 1.54) is 11.3 Å². The number of thiophene rings is 1. The molecule has 2 aromatic rings. The van der Waals surface area contributed by atoms with Crippen LogP contribution in [0.25, 0.3) is 10.6 Å². The summed E-state index contributed by atoms with van der Waals surface area (Å²) in [7, 11) is 2.09. The standard InChI is InChI=1S/C13H16N4S/c1-17(10-6-7-14-9-10)13-5-4-11(15-16-13)12-3-2-8-18-12/h2-5,8,10,14H,6-7,9H2,1H3. The highest BCUT2D eigenvalue weighted by molar-refractivity contribution is 7.13. The van der Waals surface area contributed by atoms with Gasteiger partial charge in [0.2, 0.25) is 0 Å². The number of nitrogens with zero attached hydrogens (tertiary/aromatic N) is 3. The number of hydrogen-bond donors (Lipinski definition) is 1. The van der Waals surface area contributed by atoms with Crippen LogP contribution in [0, 0.1) is 0 Å². The lowest BCUT2D eigenvalue weighted by Crippen LogP contribution is -2.34. The van der Waals surface area contributed by atoms with E-state index in [9.17, 15) is 0 Å². The van der Waals surface area contributed by atoms with Crippen molar-refractivity contribution >= 4 is 17.2 Å². The Kier molecular flexibility index (Phi) is 3.25. The maximum atomic E-state index is 4.33. The van der Waals surface area contributed by atoms with E-state index < -0.39 is 0 Å². The molecular formula is C13H16N4S. The molecule has 3 rings (SSSR count). The molecule has 1 N–H and O–H groups in total. The van der Waals surface area contributed by atoms with Gasteiger partial charge in [-0.3, -0.25) is 0 Å². The zero-order chi connectivity index (χ0) is 12.4. The van der Waals surface area contributed by atoms with Gasteiger partial charge < -0.3 is 10.2 Å². The predicted octanol–water partition coefficient (Wildman–Crippen LogP) is 2.00. The zero-order valence-corrected chi connectivity index (χ0v) is 11.2. The number of hydrogen-bond acceptors (Lipinski definition) is 5. The minimum absolute atomic E-state index is 0.534. The molecule has 1 aliphatic rings. The minimum Gasteiger partial charge on any atom is -0.354 e. The maximum Gasteiger partial charge on any atom is 0.151 e. The summed E-state index contributed by atoms with van der Waals surface area (Å²) in [5, 5.41) is 14.1. The van der Waals surface area contributed by atoms with E-state index >= 15 is 0 Å². The van der Waals surface area contributed by atoms with Crippen molar-refractivity contribution in [3.63, 3.8) is 0 Å². The van der Waals surface area contributed by atoms with Crippen LogP contribution in [-0.4, -0.2) is 36.4 Å². The third-order valence-corrected chi connectivity index (χ3v) is 4.26. The SMILES string of the molecule is CN(c1ccc(-c2cccs2)nn1)C1CCNC1. The van der Waals surface area contributed by atoms with Crippen LogP contribution in [0.3, 0.4) is 0 Å². The summed E-state index contributed by atoms with van der Waals surface area (Å²) >= 11 is 1.69. The molecule has 0 aromatic carbocycles. The lowest BCUT2D eigenvalue weighted by Gasteiger charge is -2.24. The highest BCUT2D eigenvalue weighted by Gasteiger charge is 2.20. The lowest BCUT2D eigenvalue weighted by atomic mass is 10.2. The Morgan fingerprint density at radius 2 is 2.28 bits per heavy atom. The van der Waals surface area contributed by atoms with E-state index in [1.54, 1.807) is 11.3 Å². The molecule has 0 bridgehead atoms. The average Bonchev–Trinajstić information content (AvgIpc) is 3.11.